The van der Waals surface area contributed by atoms with Crippen molar-refractivity contribution >= 4 is 23.1 Å². The summed E-state index contributed by atoms with van der Waals surface area (Å²) < 4.78 is 1.93. The molecule has 1 saturated heterocycles. The fourth-order valence-corrected chi connectivity index (χ4v) is 3.92. The highest BCUT2D eigenvalue weighted by Crippen LogP contribution is 2.31. The Bertz CT molecular complexity index is 977. The lowest BCUT2D eigenvalue weighted by atomic mass is 9.97. The predicted octanol–water partition coefficient (Wildman–Crippen LogP) is 1.49. The topological polar surface area (TPSA) is 74.6 Å². The molecule has 138 valence electrons. The van der Waals surface area contributed by atoms with Gasteiger partial charge in [0.25, 0.3) is 0 Å². The number of benzene rings is 1. The number of rotatable bonds is 3. The van der Waals surface area contributed by atoms with Crippen molar-refractivity contribution in [2.24, 2.45) is 5.92 Å². The van der Waals surface area contributed by atoms with E-state index >= 15 is 0 Å². The average molecular weight is 362 g/mol. The van der Waals surface area contributed by atoms with Crippen molar-refractivity contribution in [1.29, 1.82) is 0 Å². The highest BCUT2D eigenvalue weighted by molar-refractivity contribution is 5.94. The molecule has 0 radical (unpaired) electrons. The molecule has 0 saturated carbocycles. The zero-order valence-corrected chi connectivity index (χ0v) is 15.1. The molecule has 27 heavy (non-hydrogen) atoms. The summed E-state index contributed by atoms with van der Waals surface area (Å²) in [6.07, 6.45) is 3.66. The van der Waals surface area contributed by atoms with Gasteiger partial charge in [0.15, 0.2) is 5.65 Å². The van der Waals surface area contributed by atoms with E-state index in [4.69, 9.17) is 4.98 Å². The fourth-order valence-electron chi connectivity index (χ4n) is 3.92. The van der Waals surface area contributed by atoms with Crippen molar-refractivity contribution in [2.75, 3.05) is 36.4 Å². The van der Waals surface area contributed by atoms with Gasteiger partial charge in [0.2, 0.25) is 5.91 Å². The minimum atomic E-state index is -0.0106. The van der Waals surface area contributed by atoms with E-state index in [-0.39, 0.29) is 11.8 Å². The number of hydrogen-bond donors (Lipinski definition) is 2. The van der Waals surface area contributed by atoms with Crippen LogP contribution in [0.3, 0.4) is 0 Å². The number of anilines is 2. The second-order valence-corrected chi connectivity index (χ2v) is 7.17. The molecule has 5 rings (SSSR count). The maximum Gasteiger partial charge on any atom is 0.231 e. The SMILES string of the molecule is O=C(Nc1ccccc1)C1CN(c2c3c(nc4ccnn24)CCNCC3)C1. The second-order valence-electron chi connectivity index (χ2n) is 7.17. The van der Waals surface area contributed by atoms with Gasteiger partial charge in [-0.2, -0.15) is 9.61 Å². The Balaban J connectivity index is 1.39. The average Bonchev–Trinajstić information content (AvgIpc) is 2.97. The lowest BCUT2D eigenvalue weighted by Crippen LogP contribution is -2.53. The molecule has 0 aliphatic carbocycles. The van der Waals surface area contributed by atoms with Gasteiger partial charge in [0, 0.05) is 43.4 Å². The molecule has 2 N–H and O–H groups in total. The Labute approximate surface area is 157 Å². The largest absolute Gasteiger partial charge is 0.354 e. The molecule has 4 heterocycles. The molecule has 3 aromatic rings. The first kappa shape index (κ1) is 16.3. The highest BCUT2D eigenvalue weighted by atomic mass is 16.2. The van der Waals surface area contributed by atoms with E-state index in [0.29, 0.717) is 13.1 Å². The van der Waals surface area contributed by atoms with Crippen LogP contribution in [-0.4, -0.2) is 46.7 Å². The molecule has 7 heteroatoms. The van der Waals surface area contributed by atoms with Crippen molar-refractivity contribution in [1.82, 2.24) is 19.9 Å². The molecule has 1 amide bonds. The van der Waals surface area contributed by atoms with Gasteiger partial charge in [-0.1, -0.05) is 18.2 Å². The van der Waals surface area contributed by atoms with Crippen LogP contribution in [0.5, 0.6) is 0 Å². The van der Waals surface area contributed by atoms with Gasteiger partial charge in [-0.25, -0.2) is 4.98 Å². The number of fused-ring (bicyclic) bond motifs is 2. The van der Waals surface area contributed by atoms with Gasteiger partial charge in [-0.05, 0) is 25.1 Å². The predicted molar refractivity (Wildman–Crippen MR) is 104 cm³/mol. The molecule has 0 unspecified atom stereocenters. The van der Waals surface area contributed by atoms with Crippen LogP contribution in [0.15, 0.2) is 42.6 Å². The van der Waals surface area contributed by atoms with Gasteiger partial charge < -0.3 is 15.5 Å². The quantitative estimate of drug-likeness (QED) is 0.738. The molecule has 0 atom stereocenters. The molecule has 2 aromatic heterocycles. The lowest BCUT2D eigenvalue weighted by molar-refractivity contribution is -0.120. The van der Waals surface area contributed by atoms with Crippen LogP contribution in [-0.2, 0) is 17.6 Å². The minimum Gasteiger partial charge on any atom is -0.354 e. The molecule has 0 bridgehead atoms. The Morgan fingerprint density at radius 2 is 1.93 bits per heavy atom. The Kier molecular flexibility index (Phi) is 4.01. The van der Waals surface area contributed by atoms with Crippen LogP contribution < -0.4 is 15.5 Å². The van der Waals surface area contributed by atoms with Crippen molar-refractivity contribution in [2.45, 2.75) is 12.8 Å². The number of para-hydroxylation sites is 1. The zero-order valence-electron chi connectivity index (χ0n) is 15.1. The van der Waals surface area contributed by atoms with Gasteiger partial charge in [0.1, 0.15) is 5.82 Å². The van der Waals surface area contributed by atoms with Crippen molar-refractivity contribution in [3.8, 4) is 0 Å². The Morgan fingerprint density at radius 3 is 2.78 bits per heavy atom. The number of nitrogens with one attached hydrogen (secondary N) is 2. The van der Waals surface area contributed by atoms with Crippen LogP contribution in [0.1, 0.15) is 11.3 Å². The van der Waals surface area contributed by atoms with E-state index in [9.17, 15) is 4.79 Å². The summed E-state index contributed by atoms with van der Waals surface area (Å²) in [6, 6.07) is 11.6. The summed E-state index contributed by atoms with van der Waals surface area (Å²) in [5.41, 5.74) is 4.14. The van der Waals surface area contributed by atoms with E-state index in [1.807, 2.05) is 40.9 Å². The standard InChI is InChI=1S/C20H22N6O/c27-19(23-15-4-2-1-3-5-15)14-12-25(13-14)20-16-6-9-21-10-7-17(16)24-18-8-11-22-26(18)20/h1-5,8,11,14,21H,6-7,9-10,12-13H2,(H,23,27). The fraction of sp³-hybridized carbons (Fsp3) is 0.350. The van der Waals surface area contributed by atoms with E-state index in [1.165, 1.54) is 5.56 Å². The van der Waals surface area contributed by atoms with Crippen LogP contribution in [0.2, 0.25) is 0 Å². The number of carbonyl (C=O) groups is 1. The lowest BCUT2D eigenvalue weighted by Gasteiger charge is -2.41. The first-order chi connectivity index (χ1) is 13.3. The van der Waals surface area contributed by atoms with E-state index < -0.39 is 0 Å². The molecule has 2 aliphatic rings. The number of amides is 1. The summed E-state index contributed by atoms with van der Waals surface area (Å²) in [5, 5.41) is 10.9. The first-order valence-electron chi connectivity index (χ1n) is 9.46. The maximum absolute atomic E-state index is 12.5. The number of hydrogen-bond acceptors (Lipinski definition) is 5. The number of carbonyl (C=O) groups excluding carboxylic acids is 1. The molecule has 2 aliphatic heterocycles. The van der Waals surface area contributed by atoms with Crippen molar-refractivity contribution in [3.05, 3.63) is 53.9 Å². The highest BCUT2D eigenvalue weighted by Gasteiger charge is 2.36. The van der Waals surface area contributed by atoms with Gasteiger partial charge in [0.05, 0.1) is 17.8 Å². The summed E-state index contributed by atoms with van der Waals surface area (Å²) in [4.78, 5) is 19.6. The molecule has 7 nitrogen and oxygen atoms in total. The van der Waals surface area contributed by atoms with Crippen molar-refractivity contribution in [3.63, 3.8) is 0 Å². The van der Waals surface area contributed by atoms with Crippen LogP contribution in [0.4, 0.5) is 11.5 Å². The van der Waals surface area contributed by atoms with E-state index in [0.717, 1.165) is 48.8 Å². The summed E-state index contributed by atoms with van der Waals surface area (Å²) in [7, 11) is 0. The van der Waals surface area contributed by atoms with Crippen LogP contribution in [0.25, 0.3) is 5.65 Å². The third kappa shape index (κ3) is 2.94. The molecule has 0 spiro atoms. The Morgan fingerprint density at radius 1 is 1.11 bits per heavy atom. The van der Waals surface area contributed by atoms with E-state index in [1.54, 1.807) is 6.20 Å². The Hall–Kier alpha value is -2.93. The summed E-state index contributed by atoms with van der Waals surface area (Å²) >= 11 is 0. The number of nitrogens with zero attached hydrogens (tertiary/aromatic N) is 4. The smallest absolute Gasteiger partial charge is 0.231 e. The summed E-state index contributed by atoms with van der Waals surface area (Å²) in [5.74, 6) is 1.17. The zero-order chi connectivity index (χ0) is 18.2. The molecular formula is C20H22N6O. The van der Waals surface area contributed by atoms with Gasteiger partial charge >= 0.3 is 0 Å². The normalized spacial score (nSPS) is 17.3. The van der Waals surface area contributed by atoms with Crippen LogP contribution >= 0.6 is 0 Å². The van der Waals surface area contributed by atoms with E-state index in [2.05, 4.69) is 20.6 Å². The van der Waals surface area contributed by atoms with Crippen LogP contribution in [0, 0.1) is 5.92 Å². The third-order valence-electron chi connectivity index (χ3n) is 5.37. The first-order valence-corrected chi connectivity index (χ1v) is 9.46. The monoisotopic (exact) mass is 362 g/mol. The second kappa shape index (κ2) is 6.66. The molecule has 1 aromatic carbocycles. The van der Waals surface area contributed by atoms with Gasteiger partial charge in [-0.15, -0.1) is 0 Å². The van der Waals surface area contributed by atoms with Gasteiger partial charge in [-0.3, -0.25) is 4.79 Å². The number of aromatic nitrogens is 3. The summed E-state index contributed by atoms with van der Waals surface area (Å²) in [6.45, 7) is 3.31. The maximum atomic E-state index is 12.5. The minimum absolute atomic E-state index is 0.0106. The van der Waals surface area contributed by atoms with Crippen molar-refractivity contribution < 1.29 is 4.79 Å². The molecular weight excluding hydrogens is 340 g/mol. The third-order valence-corrected chi connectivity index (χ3v) is 5.37. The molecule has 1 fully saturated rings.